The number of rotatable bonds is 11. The number of benzene rings is 4. The molecular formula is C38H32Cl2N2O6S. The third-order valence-electron chi connectivity index (χ3n) is 7.77. The van der Waals surface area contributed by atoms with Gasteiger partial charge in [-0.15, -0.1) is 0 Å². The first-order valence-electron chi connectivity index (χ1n) is 15.6. The first kappa shape index (κ1) is 34.0. The van der Waals surface area contributed by atoms with Crippen LogP contribution in [0.5, 0.6) is 17.2 Å². The van der Waals surface area contributed by atoms with Crippen molar-refractivity contribution in [3.8, 4) is 17.2 Å². The molecule has 0 spiro atoms. The number of aromatic nitrogens is 1. The van der Waals surface area contributed by atoms with Crippen LogP contribution < -0.4 is 29.1 Å². The molecular weight excluding hydrogens is 683 g/mol. The summed E-state index contributed by atoms with van der Waals surface area (Å²) in [6, 6.07) is 26.6. The highest BCUT2D eigenvalue weighted by molar-refractivity contribution is 7.07. The summed E-state index contributed by atoms with van der Waals surface area (Å²) in [7, 11) is 1.58. The summed E-state index contributed by atoms with van der Waals surface area (Å²) in [6.45, 7) is 4.42. The van der Waals surface area contributed by atoms with Gasteiger partial charge in [0, 0.05) is 21.2 Å². The fourth-order valence-electron chi connectivity index (χ4n) is 5.49. The normalized spacial score (nSPS) is 14.2. The maximum absolute atomic E-state index is 14.3. The average molecular weight is 716 g/mol. The summed E-state index contributed by atoms with van der Waals surface area (Å²) in [5, 5.41) is 1.05. The molecule has 0 aliphatic carbocycles. The van der Waals surface area contributed by atoms with E-state index >= 15 is 0 Å². The molecule has 0 fully saturated rings. The van der Waals surface area contributed by atoms with E-state index in [2.05, 4.69) is 0 Å². The fourth-order valence-corrected chi connectivity index (χ4v) is 6.95. The summed E-state index contributed by atoms with van der Waals surface area (Å²) in [5.41, 5.74) is 3.38. The quantitative estimate of drug-likeness (QED) is 0.134. The summed E-state index contributed by atoms with van der Waals surface area (Å²) in [5.74, 6) is 1.14. The van der Waals surface area contributed by atoms with Gasteiger partial charge < -0.3 is 18.9 Å². The number of esters is 1. The molecule has 0 radical (unpaired) electrons. The maximum atomic E-state index is 14.3. The number of hydrogen-bond donors (Lipinski definition) is 0. The molecule has 5 aromatic rings. The lowest BCUT2D eigenvalue weighted by Gasteiger charge is -2.26. The van der Waals surface area contributed by atoms with Gasteiger partial charge in [0.2, 0.25) is 0 Å². The second-order valence-electron chi connectivity index (χ2n) is 10.9. The van der Waals surface area contributed by atoms with E-state index in [1.807, 2.05) is 67.6 Å². The molecule has 0 N–H and O–H groups in total. The third-order valence-corrected chi connectivity index (χ3v) is 9.34. The number of carbonyl (C=O) groups excluding carboxylic acids is 1. The molecule has 0 amide bonds. The van der Waals surface area contributed by atoms with Crippen molar-refractivity contribution >= 4 is 52.3 Å². The lowest BCUT2D eigenvalue weighted by atomic mass is 9.93. The van der Waals surface area contributed by atoms with Gasteiger partial charge in [-0.05, 0) is 67.4 Å². The highest BCUT2D eigenvalue weighted by Crippen LogP contribution is 2.36. The molecule has 1 aromatic heterocycles. The molecule has 4 aromatic carbocycles. The number of nitrogens with zero attached hydrogens (tertiary/aromatic N) is 2. The Hall–Kier alpha value is -4.83. The maximum Gasteiger partial charge on any atom is 0.338 e. The number of carbonyl (C=O) groups is 1. The van der Waals surface area contributed by atoms with Crippen LogP contribution in [0, 0.1) is 0 Å². The molecule has 49 heavy (non-hydrogen) atoms. The van der Waals surface area contributed by atoms with E-state index in [9.17, 15) is 9.59 Å². The number of halogens is 2. The number of methoxy groups -OCH3 is 1. The van der Waals surface area contributed by atoms with E-state index in [4.69, 9.17) is 47.1 Å². The van der Waals surface area contributed by atoms with Gasteiger partial charge in [-0.25, -0.2) is 9.79 Å². The van der Waals surface area contributed by atoms with Crippen molar-refractivity contribution < 1.29 is 23.7 Å². The molecule has 8 nitrogen and oxygen atoms in total. The van der Waals surface area contributed by atoms with Gasteiger partial charge in [0.05, 0.1) is 42.2 Å². The van der Waals surface area contributed by atoms with Crippen molar-refractivity contribution in [2.45, 2.75) is 26.5 Å². The Morgan fingerprint density at radius 3 is 2.39 bits per heavy atom. The zero-order valence-corrected chi connectivity index (χ0v) is 29.3. The highest BCUT2D eigenvalue weighted by atomic mass is 35.5. The van der Waals surface area contributed by atoms with Crippen molar-refractivity contribution in [2.75, 3.05) is 20.3 Å². The Bertz CT molecular complexity index is 2210. The summed E-state index contributed by atoms with van der Waals surface area (Å²) in [6.07, 6.45) is 1.79. The second kappa shape index (κ2) is 15.2. The van der Waals surface area contributed by atoms with Crippen LogP contribution in [-0.4, -0.2) is 30.9 Å². The minimum absolute atomic E-state index is 0.165. The van der Waals surface area contributed by atoms with Crippen LogP contribution in [0.2, 0.25) is 10.0 Å². The van der Waals surface area contributed by atoms with E-state index in [-0.39, 0.29) is 24.3 Å². The molecule has 250 valence electrons. The minimum Gasteiger partial charge on any atom is -0.497 e. The van der Waals surface area contributed by atoms with Gasteiger partial charge in [-0.2, -0.15) is 0 Å². The number of ether oxygens (including phenoxy) is 4. The molecule has 1 aliphatic rings. The van der Waals surface area contributed by atoms with Crippen LogP contribution in [0.1, 0.15) is 42.1 Å². The molecule has 2 heterocycles. The Balaban J connectivity index is 1.47. The topological polar surface area (TPSA) is 88.4 Å². The summed E-state index contributed by atoms with van der Waals surface area (Å²) in [4.78, 5) is 33.3. The van der Waals surface area contributed by atoms with E-state index in [1.165, 1.54) is 11.3 Å². The van der Waals surface area contributed by atoms with Gasteiger partial charge >= 0.3 is 5.97 Å². The van der Waals surface area contributed by atoms with E-state index in [1.54, 1.807) is 55.0 Å². The zero-order valence-electron chi connectivity index (χ0n) is 26.9. The fraction of sp³-hybridized carbons (Fsp3) is 0.184. The largest absolute Gasteiger partial charge is 0.497 e. The smallest absolute Gasteiger partial charge is 0.338 e. The Morgan fingerprint density at radius 1 is 0.918 bits per heavy atom. The Kier molecular flexibility index (Phi) is 10.5. The van der Waals surface area contributed by atoms with Crippen LogP contribution >= 0.6 is 34.5 Å². The molecule has 1 aliphatic heterocycles. The Labute approximate surface area is 297 Å². The van der Waals surface area contributed by atoms with Gasteiger partial charge in [0.15, 0.2) is 16.3 Å². The van der Waals surface area contributed by atoms with Gasteiger partial charge in [0.25, 0.3) is 5.56 Å². The van der Waals surface area contributed by atoms with Gasteiger partial charge in [-0.1, -0.05) is 89.1 Å². The predicted octanol–water partition coefficient (Wildman–Crippen LogP) is 7.23. The van der Waals surface area contributed by atoms with E-state index in [0.717, 1.165) is 16.7 Å². The Morgan fingerprint density at radius 2 is 1.69 bits per heavy atom. The molecule has 0 bridgehead atoms. The standard InChI is InChI=1S/C38H32Cl2N2O6S/c1-4-46-31-19-23(11-18-30(31)48-22-26-12-15-27(39)21-29(26)40)20-32-36(43)42-35(25-13-16-28(45-3)17-14-25)33(37(44)47-5-2)34(41-38(42)49-32)24-9-7-6-8-10-24/h6-21,35H,4-5,22H2,1-3H3/b32-20-/t35-/m1/s1. The van der Waals surface area contributed by atoms with Crippen molar-refractivity contribution in [3.63, 3.8) is 0 Å². The summed E-state index contributed by atoms with van der Waals surface area (Å²) < 4.78 is 24.9. The number of fused-ring (bicyclic) bond motifs is 1. The van der Waals surface area contributed by atoms with Crippen molar-refractivity contribution in [3.05, 3.63) is 149 Å². The molecule has 0 saturated heterocycles. The van der Waals surface area contributed by atoms with Crippen molar-refractivity contribution in [1.29, 1.82) is 0 Å². The van der Waals surface area contributed by atoms with Crippen LogP contribution in [0.15, 0.2) is 106 Å². The summed E-state index contributed by atoms with van der Waals surface area (Å²) >= 11 is 13.6. The molecule has 11 heteroatoms. The molecule has 6 rings (SSSR count). The molecule has 0 unspecified atom stereocenters. The molecule has 0 saturated carbocycles. The molecule has 1 atom stereocenters. The van der Waals surface area contributed by atoms with Gasteiger partial charge in [0.1, 0.15) is 12.4 Å². The second-order valence-corrected chi connectivity index (χ2v) is 12.7. The number of hydrogen-bond acceptors (Lipinski definition) is 8. The first-order valence-corrected chi connectivity index (χ1v) is 17.1. The van der Waals surface area contributed by atoms with Crippen molar-refractivity contribution in [2.24, 2.45) is 4.99 Å². The predicted molar refractivity (Wildman–Crippen MR) is 192 cm³/mol. The van der Waals surface area contributed by atoms with Gasteiger partial charge in [-0.3, -0.25) is 9.36 Å². The minimum atomic E-state index is -0.798. The number of thiazole rings is 1. The van der Waals surface area contributed by atoms with Crippen LogP contribution in [0.25, 0.3) is 11.8 Å². The van der Waals surface area contributed by atoms with E-state index in [0.29, 0.717) is 54.5 Å². The SMILES string of the molecule is CCOC(=O)C1=C(c2ccccc2)N=c2s/c(=C\c3ccc(OCc4ccc(Cl)cc4Cl)c(OCC)c3)c(=O)n2[C@@H]1c1ccc(OC)cc1. The third kappa shape index (κ3) is 7.29. The average Bonchev–Trinajstić information content (AvgIpc) is 3.42. The first-order chi connectivity index (χ1) is 23.8. The highest BCUT2D eigenvalue weighted by Gasteiger charge is 2.35. The van der Waals surface area contributed by atoms with Crippen LogP contribution in [-0.2, 0) is 16.1 Å². The zero-order chi connectivity index (χ0) is 34.5. The van der Waals surface area contributed by atoms with E-state index < -0.39 is 12.0 Å². The van der Waals surface area contributed by atoms with Crippen molar-refractivity contribution in [1.82, 2.24) is 4.57 Å². The lowest BCUT2D eigenvalue weighted by Crippen LogP contribution is -2.40. The van der Waals surface area contributed by atoms with Crippen LogP contribution in [0.3, 0.4) is 0 Å². The lowest BCUT2D eigenvalue weighted by molar-refractivity contribution is -0.138. The monoisotopic (exact) mass is 714 g/mol. The van der Waals surface area contributed by atoms with Crippen LogP contribution in [0.4, 0.5) is 0 Å².